The molecule has 36 heavy (non-hydrogen) atoms. The van der Waals surface area contributed by atoms with Gasteiger partial charge in [0.25, 0.3) is 0 Å². The van der Waals surface area contributed by atoms with E-state index in [2.05, 4.69) is 35.5 Å². The zero-order valence-corrected chi connectivity index (χ0v) is 21.3. The van der Waals surface area contributed by atoms with Crippen molar-refractivity contribution in [2.24, 2.45) is 4.99 Å². The van der Waals surface area contributed by atoms with E-state index in [0.29, 0.717) is 41.6 Å². The SMILES string of the molecule is COc1cc(N2CCc3nc(NC(=O)Nc4ccccc4C4=NC(C)(C)CO4)sc3C2)nc(OC)n1. The van der Waals surface area contributed by atoms with Crippen LogP contribution in [0.1, 0.15) is 30.0 Å². The van der Waals surface area contributed by atoms with Crippen LogP contribution in [0, 0.1) is 0 Å². The zero-order valence-electron chi connectivity index (χ0n) is 20.5. The second-order valence-electron chi connectivity index (χ2n) is 8.96. The Morgan fingerprint density at radius 2 is 1.97 bits per heavy atom. The molecule has 2 aliphatic heterocycles. The highest BCUT2D eigenvalue weighted by atomic mass is 32.1. The molecule has 2 aromatic heterocycles. The third-order valence-corrected chi connectivity index (χ3v) is 6.71. The number of benzene rings is 1. The number of amides is 2. The largest absolute Gasteiger partial charge is 0.481 e. The van der Waals surface area contributed by atoms with E-state index in [9.17, 15) is 4.79 Å². The van der Waals surface area contributed by atoms with Crippen LogP contribution < -0.4 is 25.0 Å². The van der Waals surface area contributed by atoms with E-state index in [1.54, 1.807) is 13.2 Å². The fourth-order valence-electron chi connectivity index (χ4n) is 3.95. The number of rotatable bonds is 6. The molecule has 1 aromatic carbocycles. The van der Waals surface area contributed by atoms with Crippen LogP contribution >= 0.6 is 11.3 Å². The summed E-state index contributed by atoms with van der Waals surface area (Å²) in [5, 5.41) is 6.30. The molecule has 2 N–H and O–H groups in total. The van der Waals surface area contributed by atoms with Crippen LogP contribution in [0.5, 0.6) is 11.9 Å². The number of hydrogen-bond donors (Lipinski definition) is 2. The number of anilines is 3. The highest BCUT2D eigenvalue weighted by molar-refractivity contribution is 7.15. The Balaban J connectivity index is 1.28. The average molecular weight is 510 g/mol. The van der Waals surface area contributed by atoms with Crippen molar-refractivity contribution in [1.29, 1.82) is 0 Å². The highest BCUT2D eigenvalue weighted by Gasteiger charge is 2.28. The first-order valence-corrected chi connectivity index (χ1v) is 12.3. The van der Waals surface area contributed by atoms with E-state index in [1.165, 1.54) is 18.4 Å². The lowest BCUT2D eigenvalue weighted by molar-refractivity contribution is 0.262. The molecular weight excluding hydrogens is 482 g/mol. The summed E-state index contributed by atoms with van der Waals surface area (Å²) in [5.74, 6) is 1.67. The van der Waals surface area contributed by atoms with Crippen molar-refractivity contribution in [1.82, 2.24) is 15.0 Å². The van der Waals surface area contributed by atoms with E-state index in [0.717, 1.165) is 29.1 Å². The van der Waals surface area contributed by atoms with E-state index < -0.39 is 0 Å². The summed E-state index contributed by atoms with van der Waals surface area (Å²) in [6, 6.07) is 9.08. The summed E-state index contributed by atoms with van der Waals surface area (Å²) in [4.78, 5) is 33.9. The molecule has 5 rings (SSSR count). The summed E-state index contributed by atoms with van der Waals surface area (Å²) in [7, 11) is 3.08. The number of carbonyl (C=O) groups excluding carboxylic acids is 1. The molecule has 0 saturated heterocycles. The molecule has 12 heteroatoms. The van der Waals surface area contributed by atoms with Crippen molar-refractivity contribution in [3.05, 3.63) is 46.5 Å². The molecule has 4 heterocycles. The van der Waals surface area contributed by atoms with E-state index in [4.69, 9.17) is 14.2 Å². The molecule has 3 aromatic rings. The summed E-state index contributed by atoms with van der Waals surface area (Å²) >= 11 is 1.44. The number of methoxy groups -OCH3 is 2. The fourth-order valence-corrected chi connectivity index (χ4v) is 4.97. The zero-order chi connectivity index (χ0) is 25.3. The number of urea groups is 1. The van der Waals surface area contributed by atoms with Gasteiger partial charge in [-0.2, -0.15) is 9.97 Å². The number of ether oxygens (including phenoxy) is 3. The Bertz CT molecular complexity index is 1300. The normalized spacial score (nSPS) is 16.0. The van der Waals surface area contributed by atoms with Crippen LogP contribution in [-0.2, 0) is 17.7 Å². The van der Waals surface area contributed by atoms with Gasteiger partial charge < -0.3 is 24.4 Å². The lowest BCUT2D eigenvalue weighted by Crippen LogP contribution is -2.30. The van der Waals surface area contributed by atoms with Crippen LogP contribution in [0.2, 0.25) is 0 Å². The second-order valence-corrected chi connectivity index (χ2v) is 10.0. The number of carbonyl (C=O) groups is 1. The standard InChI is InChI=1S/C24H27N7O4S/c1-24(2)13-35-20(30-24)14-7-5-6-8-15(14)25-21(32)29-23-26-16-9-10-31(12-17(16)36-23)18-11-19(33-3)28-22(27-18)34-4/h5-8,11H,9-10,12-13H2,1-4H3,(H2,25,26,29,32). The molecule has 0 saturated carbocycles. The molecule has 188 valence electrons. The van der Waals surface area contributed by atoms with Crippen molar-refractivity contribution in [2.45, 2.75) is 32.4 Å². The van der Waals surface area contributed by atoms with Crippen LogP contribution in [0.4, 0.5) is 21.4 Å². The fraction of sp³-hybridized carbons (Fsp3) is 0.375. The maximum absolute atomic E-state index is 12.8. The molecule has 11 nitrogen and oxygen atoms in total. The van der Waals surface area contributed by atoms with E-state index >= 15 is 0 Å². The summed E-state index contributed by atoms with van der Waals surface area (Å²) < 4.78 is 16.2. The average Bonchev–Trinajstić information content (AvgIpc) is 3.44. The van der Waals surface area contributed by atoms with Gasteiger partial charge in [-0.05, 0) is 26.0 Å². The molecule has 0 fully saturated rings. The predicted molar refractivity (Wildman–Crippen MR) is 138 cm³/mol. The Morgan fingerprint density at radius 3 is 2.72 bits per heavy atom. The van der Waals surface area contributed by atoms with Gasteiger partial charge in [-0.25, -0.2) is 14.8 Å². The van der Waals surface area contributed by atoms with Crippen molar-refractivity contribution in [2.75, 3.05) is 42.9 Å². The summed E-state index contributed by atoms with van der Waals surface area (Å²) in [5.41, 5.74) is 2.03. The molecule has 2 amide bonds. The van der Waals surface area contributed by atoms with E-state index in [-0.39, 0.29) is 17.6 Å². The van der Waals surface area contributed by atoms with Crippen molar-refractivity contribution >= 4 is 39.9 Å². The van der Waals surface area contributed by atoms with Crippen molar-refractivity contribution in [3.8, 4) is 11.9 Å². The minimum Gasteiger partial charge on any atom is -0.481 e. The number of thiazole rings is 1. The number of nitrogens with zero attached hydrogens (tertiary/aromatic N) is 5. The predicted octanol–water partition coefficient (Wildman–Crippen LogP) is 3.71. The lowest BCUT2D eigenvalue weighted by Gasteiger charge is -2.27. The van der Waals surface area contributed by atoms with Gasteiger partial charge in [0.15, 0.2) is 5.13 Å². The molecule has 0 spiro atoms. The maximum Gasteiger partial charge on any atom is 0.325 e. The molecule has 0 radical (unpaired) electrons. The minimum absolute atomic E-state index is 0.247. The number of fused-ring (bicyclic) bond motifs is 1. The summed E-state index contributed by atoms with van der Waals surface area (Å²) in [6.07, 6.45) is 0.722. The third-order valence-electron chi connectivity index (χ3n) is 5.71. The Kier molecular flexibility index (Phi) is 6.35. The van der Waals surface area contributed by atoms with Gasteiger partial charge in [0.1, 0.15) is 12.4 Å². The van der Waals surface area contributed by atoms with E-state index in [1.807, 2.05) is 38.1 Å². The molecule has 2 aliphatic rings. The maximum atomic E-state index is 12.8. The molecule has 0 aliphatic carbocycles. The van der Waals surface area contributed by atoms with Gasteiger partial charge in [0.05, 0.1) is 43.2 Å². The first-order valence-electron chi connectivity index (χ1n) is 11.4. The van der Waals surface area contributed by atoms with Crippen LogP contribution in [0.25, 0.3) is 0 Å². The smallest absolute Gasteiger partial charge is 0.325 e. The van der Waals surface area contributed by atoms with Crippen LogP contribution in [0.3, 0.4) is 0 Å². The van der Waals surface area contributed by atoms with Crippen LogP contribution in [-0.4, -0.2) is 59.8 Å². The first kappa shape index (κ1) is 23.8. The van der Waals surface area contributed by atoms with Crippen molar-refractivity contribution < 1.29 is 19.0 Å². The molecule has 0 bridgehead atoms. The Hall–Kier alpha value is -3.93. The lowest BCUT2D eigenvalue weighted by atomic mass is 10.1. The number of hydrogen-bond acceptors (Lipinski definition) is 10. The van der Waals surface area contributed by atoms with Gasteiger partial charge in [0, 0.05) is 23.9 Å². The van der Waals surface area contributed by atoms with Gasteiger partial charge in [0.2, 0.25) is 11.8 Å². The molecule has 0 atom stereocenters. The second kappa shape index (κ2) is 9.61. The topological polar surface area (TPSA) is 123 Å². The van der Waals surface area contributed by atoms with Gasteiger partial charge in [-0.1, -0.05) is 23.5 Å². The quantitative estimate of drug-likeness (QED) is 0.516. The van der Waals surface area contributed by atoms with Gasteiger partial charge in [-0.15, -0.1) is 0 Å². The number of para-hydroxylation sites is 1. The first-order chi connectivity index (χ1) is 17.3. The van der Waals surface area contributed by atoms with Gasteiger partial charge >= 0.3 is 12.0 Å². The summed E-state index contributed by atoms with van der Waals surface area (Å²) in [6.45, 7) is 5.84. The number of aromatic nitrogens is 3. The van der Waals surface area contributed by atoms with Crippen LogP contribution in [0.15, 0.2) is 35.3 Å². The number of nitrogens with one attached hydrogen (secondary N) is 2. The Morgan fingerprint density at radius 1 is 1.14 bits per heavy atom. The monoisotopic (exact) mass is 509 g/mol. The number of aliphatic imine (C=N–C) groups is 1. The third kappa shape index (κ3) is 5.03. The minimum atomic E-state index is -0.381. The molecular formula is C24H27N7O4S. The molecule has 0 unspecified atom stereocenters. The Labute approximate surface area is 212 Å². The van der Waals surface area contributed by atoms with Crippen molar-refractivity contribution in [3.63, 3.8) is 0 Å². The highest BCUT2D eigenvalue weighted by Crippen LogP contribution is 2.32. The van der Waals surface area contributed by atoms with Gasteiger partial charge in [-0.3, -0.25) is 5.32 Å².